The maximum absolute atomic E-state index is 14.2. The highest BCUT2D eigenvalue weighted by Gasteiger charge is 2.43. The summed E-state index contributed by atoms with van der Waals surface area (Å²) < 4.78 is 14.2. The van der Waals surface area contributed by atoms with Gasteiger partial charge in [-0.05, 0) is 31.7 Å². The molecule has 1 fully saturated rings. The minimum Gasteiger partial charge on any atom is -0.481 e. The van der Waals surface area contributed by atoms with Gasteiger partial charge in [0, 0.05) is 18.5 Å². The summed E-state index contributed by atoms with van der Waals surface area (Å²) >= 11 is 0. The highest BCUT2D eigenvalue weighted by Crippen LogP contribution is 2.42. The Morgan fingerprint density at radius 1 is 1.13 bits per heavy atom. The van der Waals surface area contributed by atoms with Gasteiger partial charge < -0.3 is 10.4 Å². The van der Waals surface area contributed by atoms with Gasteiger partial charge in [-0.2, -0.15) is 0 Å². The second-order valence-corrected chi connectivity index (χ2v) is 6.23. The summed E-state index contributed by atoms with van der Waals surface area (Å²) in [6.07, 6.45) is 5.50. The summed E-state index contributed by atoms with van der Waals surface area (Å²) in [6, 6.07) is 6.54. The smallest absolute Gasteiger partial charge is 0.303 e. The molecule has 0 saturated heterocycles. The minimum absolute atomic E-state index is 0.0988. The van der Waals surface area contributed by atoms with E-state index in [-0.39, 0.29) is 18.1 Å². The van der Waals surface area contributed by atoms with E-state index in [1.807, 2.05) is 0 Å². The number of aliphatic carboxylic acids is 1. The Morgan fingerprint density at radius 3 is 2.48 bits per heavy atom. The molecule has 1 aliphatic carbocycles. The van der Waals surface area contributed by atoms with Crippen LogP contribution < -0.4 is 5.32 Å². The van der Waals surface area contributed by atoms with Crippen molar-refractivity contribution in [3.05, 3.63) is 35.6 Å². The van der Waals surface area contributed by atoms with Crippen molar-refractivity contribution in [1.29, 1.82) is 0 Å². The number of halogens is 1. The zero-order valence-electron chi connectivity index (χ0n) is 13.3. The summed E-state index contributed by atoms with van der Waals surface area (Å²) in [7, 11) is 0. The van der Waals surface area contributed by atoms with E-state index in [2.05, 4.69) is 5.32 Å². The van der Waals surface area contributed by atoms with E-state index < -0.39 is 11.4 Å². The third-order valence-corrected chi connectivity index (χ3v) is 4.63. The lowest BCUT2D eigenvalue weighted by atomic mass is 9.77. The molecule has 0 heterocycles. The van der Waals surface area contributed by atoms with E-state index in [0.717, 1.165) is 25.7 Å². The Morgan fingerprint density at radius 2 is 1.83 bits per heavy atom. The molecule has 0 bridgehead atoms. The number of hydrogen-bond acceptors (Lipinski definition) is 2. The molecule has 1 aromatic carbocycles. The Hall–Kier alpha value is -1.91. The number of amides is 1. The largest absolute Gasteiger partial charge is 0.481 e. The average Bonchev–Trinajstić information content (AvgIpc) is 3.01. The van der Waals surface area contributed by atoms with Crippen LogP contribution in [-0.4, -0.2) is 23.5 Å². The molecule has 126 valence electrons. The molecular weight excluding hydrogens is 297 g/mol. The van der Waals surface area contributed by atoms with Gasteiger partial charge in [0.15, 0.2) is 0 Å². The van der Waals surface area contributed by atoms with Crippen LogP contribution in [0.5, 0.6) is 0 Å². The molecule has 23 heavy (non-hydrogen) atoms. The number of unbranched alkanes of at least 4 members (excludes halogenated alkanes) is 2. The molecular formula is C18H24FNO3. The number of benzene rings is 1. The second-order valence-electron chi connectivity index (χ2n) is 6.23. The molecule has 5 heteroatoms. The van der Waals surface area contributed by atoms with Crippen LogP contribution in [0.2, 0.25) is 0 Å². The molecule has 1 amide bonds. The molecule has 0 atom stereocenters. The van der Waals surface area contributed by atoms with Crippen LogP contribution >= 0.6 is 0 Å². The van der Waals surface area contributed by atoms with Crippen molar-refractivity contribution in [3.8, 4) is 0 Å². The summed E-state index contributed by atoms with van der Waals surface area (Å²) in [5.41, 5.74) is -0.243. The van der Waals surface area contributed by atoms with E-state index >= 15 is 0 Å². The number of carboxylic acid groups (broad SMARTS) is 1. The van der Waals surface area contributed by atoms with E-state index in [0.29, 0.717) is 31.4 Å². The predicted octanol–water partition coefficient (Wildman–Crippen LogP) is 3.40. The van der Waals surface area contributed by atoms with Gasteiger partial charge in [0.05, 0.1) is 5.41 Å². The molecule has 0 aromatic heterocycles. The Labute approximate surface area is 136 Å². The minimum atomic E-state index is -0.793. The average molecular weight is 321 g/mol. The molecule has 0 unspecified atom stereocenters. The summed E-state index contributed by atoms with van der Waals surface area (Å²) in [6.45, 7) is 0.509. The van der Waals surface area contributed by atoms with E-state index in [9.17, 15) is 14.0 Å². The number of hydrogen-bond donors (Lipinski definition) is 2. The highest BCUT2D eigenvalue weighted by atomic mass is 19.1. The molecule has 4 nitrogen and oxygen atoms in total. The van der Waals surface area contributed by atoms with Gasteiger partial charge in [0.1, 0.15) is 5.82 Å². The van der Waals surface area contributed by atoms with Crippen LogP contribution in [0, 0.1) is 5.82 Å². The predicted molar refractivity (Wildman–Crippen MR) is 85.7 cm³/mol. The van der Waals surface area contributed by atoms with Crippen molar-refractivity contribution in [3.63, 3.8) is 0 Å². The lowest BCUT2D eigenvalue weighted by molar-refractivity contribution is -0.137. The number of rotatable bonds is 8. The third-order valence-electron chi connectivity index (χ3n) is 4.63. The van der Waals surface area contributed by atoms with Gasteiger partial charge in [0.2, 0.25) is 5.91 Å². The molecule has 0 spiro atoms. The second kappa shape index (κ2) is 8.09. The maximum Gasteiger partial charge on any atom is 0.303 e. The zero-order chi connectivity index (χ0) is 16.7. The lowest BCUT2D eigenvalue weighted by Crippen LogP contribution is -2.43. The van der Waals surface area contributed by atoms with Gasteiger partial charge >= 0.3 is 5.97 Å². The van der Waals surface area contributed by atoms with Crippen molar-refractivity contribution >= 4 is 11.9 Å². The molecule has 1 aliphatic rings. The van der Waals surface area contributed by atoms with Gasteiger partial charge in [-0.3, -0.25) is 9.59 Å². The fourth-order valence-corrected chi connectivity index (χ4v) is 3.40. The lowest BCUT2D eigenvalue weighted by Gasteiger charge is -2.28. The van der Waals surface area contributed by atoms with Crippen LogP contribution in [0.15, 0.2) is 24.3 Å². The number of carbonyl (C=O) groups excluding carboxylic acids is 1. The van der Waals surface area contributed by atoms with Gasteiger partial charge in [-0.15, -0.1) is 0 Å². The normalized spacial score (nSPS) is 16.2. The maximum atomic E-state index is 14.2. The molecule has 1 aromatic rings. The van der Waals surface area contributed by atoms with Crippen LogP contribution in [-0.2, 0) is 15.0 Å². The first-order valence-electron chi connectivity index (χ1n) is 8.31. The Kier molecular flexibility index (Phi) is 6.13. The topological polar surface area (TPSA) is 66.4 Å². The van der Waals surface area contributed by atoms with Gasteiger partial charge in [0.25, 0.3) is 0 Å². The van der Waals surface area contributed by atoms with E-state index in [4.69, 9.17) is 5.11 Å². The van der Waals surface area contributed by atoms with Crippen molar-refractivity contribution in [1.82, 2.24) is 5.32 Å². The Bertz CT molecular complexity index is 553. The van der Waals surface area contributed by atoms with Gasteiger partial charge in [-0.1, -0.05) is 37.5 Å². The van der Waals surface area contributed by atoms with Crippen LogP contribution in [0.1, 0.15) is 56.9 Å². The quantitative estimate of drug-likeness (QED) is 0.721. The standard InChI is InChI=1S/C18H24FNO3/c19-15-9-4-3-8-14(15)18(11-5-6-12-18)17(23)20-13-7-1-2-10-16(21)22/h3-4,8-9H,1-2,5-7,10-13H2,(H,20,23)(H,21,22). The molecule has 2 N–H and O–H groups in total. The van der Waals surface area contributed by atoms with Crippen LogP contribution in [0.3, 0.4) is 0 Å². The van der Waals surface area contributed by atoms with E-state index in [1.54, 1.807) is 18.2 Å². The highest BCUT2D eigenvalue weighted by molar-refractivity contribution is 5.88. The van der Waals surface area contributed by atoms with Crippen molar-refractivity contribution < 1.29 is 19.1 Å². The molecule has 0 radical (unpaired) electrons. The third kappa shape index (κ3) is 4.30. The van der Waals surface area contributed by atoms with E-state index in [1.165, 1.54) is 6.07 Å². The fourth-order valence-electron chi connectivity index (χ4n) is 3.40. The van der Waals surface area contributed by atoms with Crippen molar-refractivity contribution in [2.45, 2.75) is 56.8 Å². The Balaban J connectivity index is 1.92. The first-order chi connectivity index (χ1) is 11.1. The van der Waals surface area contributed by atoms with Crippen LogP contribution in [0.25, 0.3) is 0 Å². The van der Waals surface area contributed by atoms with Crippen molar-refractivity contribution in [2.75, 3.05) is 6.54 Å². The summed E-state index contributed by atoms with van der Waals surface area (Å²) in [4.78, 5) is 23.1. The summed E-state index contributed by atoms with van der Waals surface area (Å²) in [5.74, 6) is -1.21. The first kappa shape index (κ1) is 17.4. The monoisotopic (exact) mass is 321 g/mol. The molecule has 1 saturated carbocycles. The number of carbonyl (C=O) groups is 2. The molecule has 0 aliphatic heterocycles. The zero-order valence-corrected chi connectivity index (χ0v) is 13.3. The molecule has 2 rings (SSSR count). The van der Waals surface area contributed by atoms with Gasteiger partial charge in [-0.25, -0.2) is 4.39 Å². The number of carboxylic acids is 1. The SMILES string of the molecule is O=C(O)CCCCCNC(=O)C1(c2ccccc2F)CCCC1. The summed E-state index contributed by atoms with van der Waals surface area (Å²) in [5, 5.41) is 11.5. The first-order valence-corrected chi connectivity index (χ1v) is 8.31. The fraction of sp³-hybridized carbons (Fsp3) is 0.556. The van der Waals surface area contributed by atoms with Crippen molar-refractivity contribution in [2.24, 2.45) is 0 Å². The van der Waals surface area contributed by atoms with Crippen LogP contribution in [0.4, 0.5) is 4.39 Å². The number of nitrogens with one attached hydrogen (secondary N) is 1.